The lowest BCUT2D eigenvalue weighted by Gasteiger charge is -2.12. The number of carbonyl (C=O) groups excluding carboxylic acids is 1. The molecule has 24 heavy (non-hydrogen) atoms. The van der Waals surface area contributed by atoms with Crippen LogP contribution in [0.3, 0.4) is 0 Å². The number of rotatable bonds is 6. The van der Waals surface area contributed by atoms with E-state index >= 15 is 0 Å². The normalized spacial score (nSPS) is 11.3. The summed E-state index contributed by atoms with van der Waals surface area (Å²) in [5, 5.41) is 2.46. The van der Waals surface area contributed by atoms with Gasteiger partial charge in [0.05, 0.1) is 11.1 Å². The largest absolute Gasteiger partial charge is 0.417 e. The lowest BCUT2D eigenvalue weighted by atomic mass is 10.1. The molecule has 0 heterocycles. The molecule has 0 radical (unpaired) electrons. The molecule has 0 bridgehead atoms. The summed E-state index contributed by atoms with van der Waals surface area (Å²) in [7, 11) is 0. The van der Waals surface area contributed by atoms with Crippen molar-refractivity contribution >= 4 is 17.7 Å². The highest BCUT2D eigenvalue weighted by atomic mass is 32.2. The lowest BCUT2D eigenvalue weighted by Crippen LogP contribution is -2.28. The van der Waals surface area contributed by atoms with E-state index in [-0.39, 0.29) is 12.4 Å². The van der Waals surface area contributed by atoms with E-state index < -0.39 is 23.2 Å². The van der Waals surface area contributed by atoms with Crippen molar-refractivity contribution in [3.05, 3.63) is 71.0 Å². The van der Waals surface area contributed by atoms with Gasteiger partial charge in [-0.25, -0.2) is 4.39 Å². The molecule has 0 fully saturated rings. The van der Waals surface area contributed by atoms with Crippen LogP contribution in [0.25, 0.3) is 0 Å². The topological polar surface area (TPSA) is 29.1 Å². The molecule has 1 N–H and O–H groups in total. The van der Waals surface area contributed by atoms with Crippen molar-refractivity contribution in [3.8, 4) is 0 Å². The van der Waals surface area contributed by atoms with Crippen molar-refractivity contribution in [2.24, 2.45) is 0 Å². The van der Waals surface area contributed by atoms with E-state index in [1.165, 1.54) is 30.0 Å². The van der Waals surface area contributed by atoms with E-state index in [9.17, 15) is 22.4 Å². The minimum Gasteiger partial charge on any atom is -0.351 e. The van der Waals surface area contributed by atoms with Gasteiger partial charge in [0.15, 0.2) is 0 Å². The van der Waals surface area contributed by atoms with Crippen molar-refractivity contribution in [2.45, 2.75) is 11.9 Å². The number of hydrogen-bond acceptors (Lipinski definition) is 2. The van der Waals surface area contributed by atoms with Crippen molar-refractivity contribution in [3.63, 3.8) is 0 Å². The third-order valence-electron chi connectivity index (χ3n) is 3.22. The fraction of sp³-hybridized carbons (Fsp3) is 0.235. The molecule has 0 saturated heterocycles. The van der Waals surface area contributed by atoms with Crippen LogP contribution in [0.5, 0.6) is 0 Å². The molecule has 7 heteroatoms. The van der Waals surface area contributed by atoms with Gasteiger partial charge in [-0.3, -0.25) is 4.79 Å². The van der Waals surface area contributed by atoms with E-state index in [0.717, 1.165) is 12.1 Å². The van der Waals surface area contributed by atoms with Crippen LogP contribution in [0.1, 0.15) is 21.5 Å². The van der Waals surface area contributed by atoms with Crippen LogP contribution in [0.15, 0.2) is 48.5 Å². The van der Waals surface area contributed by atoms with Gasteiger partial charge in [0.25, 0.3) is 5.91 Å². The maximum Gasteiger partial charge on any atom is 0.417 e. The Morgan fingerprint density at radius 2 is 1.71 bits per heavy atom. The van der Waals surface area contributed by atoms with Gasteiger partial charge in [-0.15, -0.1) is 0 Å². The molecule has 0 aromatic heterocycles. The summed E-state index contributed by atoms with van der Waals surface area (Å²) < 4.78 is 52.0. The second kappa shape index (κ2) is 8.19. The Morgan fingerprint density at radius 3 is 2.42 bits per heavy atom. The van der Waals surface area contributed by atoms with Crippen LogP contribution in [-0.2, 0) is 11.9 Å². The summed E-state index contributed by atoms with van der Waals surface area (Å²) in [5.74, 6) is -0.168. The molecule has 1 amide bonds. The Hall–Kier alpha value is -2.02. The van der Waals surface area contributed by atoms with E-state index in [0.29, 0.717) is 17.1 Å². The zero-order valence-corrected chi connectivity index (χ0v) is 13.4. The van der Waals surface area contributed by atoms with Crippen molar-refractivity contribution in [1.29, 1.82) is 0 Å². The second-order valence-electron chi connectivity index (χ2n) is 4.94. The van der Waals surface area contributed by atoms with E-state index in [4.69, 9.17) is 0 Å². The van der Waals surface area contributed by atoms with E-state index in [2.05, 4.69) is 5.32 Å². The first-order valence-electron chi connectivity index (χ1n) is 7.15. The van der Waals surface area contributed by atoms with Gasteiger partial charge in [0.2, 0.25) is 0 Å². The maximum atomic E-state index is 13.4. The molecule has 0 spiro atoms. The van der Waals surface area contributed by atoms with Crippen molar-refractivity contribution < 1.29 is 22.4 Å². The first kappa shape index (κ1) is 18.3. The number of hydrogen-bond donors (Lipinski definition) is 1. The minimum absolute atomic E-state index is 0.199. The summed E-state index contributed by atoms with van der Waals surface area (Å²) >= 11 is 1.39. The number of amides is 1. The van der Waals surface area contributed by atoms with Gasteiger partial charge in [-0.05, 0) is 23.8 Å². The van der Waals surface area contributed by atoms with Gasteiger partial charge in [0, 0.05) is 18.1 Å². The maximum absolute atomic E-state index is 13.4. The lowest BCUT2D eigenvalue weighted by molar-refractivity contribution is -0.137. The smallest absolute Gasteiger partial charge is 0.351 e. The molecule has 128 valence electrons. The predicted octanol–water partition coefficient (Wildman–Crippen LogP) is 4.51. The Morgan fingerprint density at radius 1 is 1.04 bits per heavy atom. The van der Waals surface area contributed by atoms with Gasteiger partial charge >= 0.3 is 6.18 Å². The number of benzene rings is 2. The number of alkyl halides is 3. The van der Waals surface area contributed by atoms with Crippen LogP contribution in [0, 0.1) is 5.82 Å². The average molecular weight is 357 g/mol. The van der Waals surface area contributed by atoms with Crippen LogP contribution in [0.4, 0.5) is 17.6 Å². The number of carbonyl (C=O) groups is 1. The molecule has 0 aliphatic heterocycles. The third kappa shape index (κ3) is 4.99. The molecule has 2 aromatic carbocycles. The van der Waals surface area contributed by atoms with E-state index in [1.807, 2.05) is 0 Å². The first-order valence-corrected chi connectivity index (χ1v) is 8.30. The fourth-order valence-electron chi connectivity index (χ4n) is 2.06. The van der Waals surface area contributed by atoms with Crippen molar-refractivity contribution in [2.75, 3.05) is 12.3 Å². The quantitative estimate of drug-likeness (QED) is 0.609. The Kier molecular flexibility index (Phi) is 6.25. The van der Waals surface area contributed by atoms with Gasteiger partial charge < -0.3 is 5.32 Å². The molecular weight excluding hydrogens is 342 g/mol. The highest BCUT2D eigenvalue weighted by Gasteiger charge is 2.34. The van der Waals surface area contributed by atoms with Crippen molar-refractivity contribution in [1.82, 2.24) is 5.32 Å². The Balaban J connectivity index is 1.83. The zero-order valence-electron chi connectivity index (χ0n) is 12.6. The van der Waals surface area contributed by atoms with Crippen LogP contribution >= 0.6 is 11.8 Å². The average Bonchev–Trinajstić information content (AvgIpc) is 2.55. The standard InChI is InChI=1S/C17H15F4NOS/c18-15-8-4-1-5-12(15)11-24-10-9-22-16(23)13-6-2-3-7-14(13)17(19,20)21/h1-8H,9-11H2,(H,22,23). The SMILES string of the molecule is O=C(NCCSCc1ccccc1F)c1ccccc1C(F)(F)F. The minimum atomic E-state index is -4.58. The van der Waals surface area contributed by atoms with Crippen LogP contribution in [-0.4, -0.2) is 18.2 Å². The number of halogens is 4. The van der Waals surface area contributed by atoms with Gasteiger partial charge in [0.1, 0.15) is 5.82 Å². The summed E-state index contributed by atoms with van der Waals surface area (Å²) in [6, 6.07) is 11.0. The van der Waals surface area contributed by atoms with Gasteiger partial charge in [-0.2, -0.15) is 24.9 Å². The number of thioether (sulfide) groups is 1. The summed E-state index contributed by atoms with van der Waals surface area (Å²) in [4.78, 5) is 11.9. The first-order chi connectivity index (χ1) is 11.4. The zero-order chi connectivity index (χ0) is 17.6. The summed E-state index contributed by atoms with van der Waals surface area (Å²) in [6.07, 6.45) is -4.58. The molecule has 0 aliphatic rings. The molecule has 2 nitrogen and oxygen atoms in total. The van der Waals surface area contributed by atoms with Gasteiger partial charge in [-0.1, -0.05) is 30.3 Å². The Bertz CT molecular complexity index is 703. The molecule has 0 unspecified atom stereocenters. The molecule has 0 saturated carbocycles. The highest BCUT2D eigenvalue weighted by Crippen LogP contribution is 2.31. The Labute approximate surface area is 141 Å². The fourth-order valence-corrected chi connectivity index (χ4v) is 2.90. The van der Waals surface area contributed by atoms with Crippen LogP contribution in [0.2, 0.25) is 0 Å². The summed E-state index contributed by atoms with van der Waals surface area (Å²) in [6.45, 7) is 0.199. The third-order valence-corrected chi connectivity index (χ3v) is 4.23. The molecule has 2 rings (SSSR count). The molecular formula is C17H15F4NOS. The predicted molar refractivity (Wildman–Crippen MR) is 86.3 cm³/mol. The number of nitrogens with one attached hydrogen (secondary N) is 1. The highest BCUT2D eigenvalue weighted by molar-refractivity contribution is 7.98. The van der Waals surface area contributed by atoms with E-state index in [1.54, 1.807) is 18.2 Å². The molecule has 0 atom stereocenters. The monoisotopic (exact) mass is 357 g/mol. The summed E-state index contributed by atoms with van der Waals surface area (Å²) in [5.41, 5.74) is -0.804. The molecule has 0 aliphatic carbocycles. The molecule has 2 aromatic rings. The second-order valence-corrected chi connectivity index (χ2v) is 6.05. The van der Waals surface area contributed by atoms with Crippen LogP contribution < -0.4 is 5.32 Å².